The molecule has 3 atom stereocenters. The number of nitrogens with zero attached hydrogens (tertiary/aromatic N) is 2. The van der Waals surface area contributed by atoms with Crippen LogP contribution >= 0.6 is 0 Å². The normalized spacial score (nSPS) is 22.6. The van der Waals surface area contributed by atoms with Crippen LogP contribution in [-0.4, -0.2) is 55.6 Å². The standard InChI is InChI=1S/C14H14N4O9/c15-5-14(18-2-1-8(19)17-13(18)25)11(23)10(22)7(27-14)4-26-12(24)6(16)3-9(20)21/h1-2,6,11,22-23H,3-4,16H2,(H,20,21)(H,17,19,25)/t6-,11?,14-/m1/s1. The van der Waals surface area contributed by atoms with Gasteiger partial charge in [0.05, 0.1) is 6.42 Å². The molecule has 0 bridgehead atoms. The molecule has 1 aromatic heterocycles. The van der Waals surface area contributed by atoms with Crippen LogP contribution in [0, 0.1) is 11.3 Å². The number of carboxylic acid groups (broad SMARTS) is 1. The number of aromatic amines is 1. The highest BCUT2D eigenvalue weighted by molar-refractivity contribution is 5.81. The van der Waals surface area contributed by atoms with Crippen LogP contribution < -0.4 is 17.0 Å². The number of aliphatic hydroxyl groups excluding tert-OH is 2. The fraction of sp³-hybridized carbons (Fsp3) is 0.357. The Kier molecular flexibility index (Phi) is 5.34. The van der Waals surface area contributed by atoms with Crippen molar-refractivity contribution in [3.8, 4) is 6.07 Å². The van der Waals surface area contributed by atoms with Crippen molar-refractivity contribution in [1.82, 2.24) is 9.55 Å². The quantitative estimate of drug-likeness (QED) is 0.317. The number of carbonyl (C=O) groups excluding carboxylic acids is 1. The third-order valence-corrected chi connectivity index (χ3v) is 3.58. The number of hydrogen-bond donors (Lipinski definition) is 5. The van der Waals surface area contributed by atoms with E-state index < -0.39 is 65.6 Å². The van der Waals surface area contributed by atoms with Gasteiger partial charge in [-0.1, -0.05) is 0 Å². The van der Waals surface area contributed by atoms with Crippen molar-refractivity contribution in [2.75, 3.05) is 6.61 Å². The first-order valence-electron chi connectivity index (χ1n) is 7.29. The maximum absolute atomic E-state index is 11.9. The Balaban J connectivity index is 2.23. The highest BCUT2D eigenvalue weighted by Crippen LogP contribution is 2.36. The average molecular weight is 382 g/mol. The molecule has 0 radical (unpaired) electrons. The van der Waals surface area contributed by atoms with Crippen LogP contribution in [0.3, 0.4) is 0 Å². The Hall–Kier alpha value is -3.63. The molecule has 27 heavy (non-hydrogen) atoms. The summed E-state index contributed by atoms with van der Waals surface area (Å²) in [5.74, 6) is -3.92. The number of nitriles is 1. The van der Waals surface area contributed by atoms with E-state index in [0.29, 0.717) is 4.57 Å². The molecule has 0 aromatic carbocycles. The maximum atomic E-state index is 11.9. The van der Waals surface area contributed by atoms with Crippen molar-refractivity contribution in [2.24, 2.45) is 5.73 Å². The van der Waals surface area contributed by atoms with Crippen molar-refractivity contribution >= 4 is 11.9 Å². The van der Waals surface area contributed by atoms with Gasteiger partial charge >= 0.3 is 23.4 Å². The number of ether oxygens (including phenoxy) is 2. The molecule has 1 aromatic rings. The monoisotopic (exact) mass is 382 g/mol. The minimum absolute atomic E-state index is 0.542. The Morgan fingerprint density at radius 1 is 1.52 bits per heavy atom. The predicted octanol–water partition coefficient (Wildman–Crippen LogP) is -2.78. The molecule has 6 N–H and O–H groups in total. The van der Waals surface area contributed by atoms with E-state index in [-0.39, 0.29) is 0 Å². The van der Waals surface area contributed by atoms with Gasteiger partial charge in [0.2, 0.25) is 0 Å². The summed E-state index contributed by atoms with van der Waals surface area (Å²) in [6, 6.07) is 0.923. The number of aromatic nitrogens is 2. The summed E-state index contributed by atoms with van der Waals surface area (Å²) in [5, 5.41) is 38.1. The van der Waals surface area contributed by atoms with Crippen LogP contribution in [0.15, 0.2) is 33.4 Å². The zero-order valence-electron chi connectivity index (χ0n) is 13.5. The SMILES string of the molecule is N#C[C@@]1(n2ccc(=O)[nH]c2=O)OC(COC(=O)[C@H](N)CC(=O)O)=C(O)C1O. The number of nitrogens with two attached hydrogens (primary N) is 1. The summed E-state index contributed by atoms with van der Waals surface area (Å²) in [5.41, 5.74) is 0.984. The molecule has 13 nitrogen and oxygen atoms in total. The minimum Gasteiger partial charge on any atom is -0.506 e. The van der Waals surface area contributed by atoms with Gasteiger partial charge in [0.15, 0.2) is 24.2 Å². The number of carbonyl (C=O) groups is 2. The lowest BCUT2D eigenvalue weighted by atomic mass is 10.1. The minimum atomic E-state index is -2.46. The van der Waals surface area contributed by atoms with Gasteiger partial charge in [-0.2, -0.15) is 5.26 Å². The molecule has 0 fully saturated rings. The van der Waals surface area contributed by atoms with Gasteiger partial charge in [-0.05, 0) is 0 Å². The number of aliphatic hydroxyl groups is 2. The molecule has 1 aliphatic heterocycles. The van der Waals surface area contributed by atoms with Gasteiger partial charge in [-0.15, -0.1) is 0 Å². The lowest BCUT2D eigenvalue weighted by Crippen LogP contribution is -2.49. The predicted molar refractivity (Wildman–Crippen MR) is 82.8 cm³/mol. The lowest BCUT2D eigenvalue weighted by Gasteiger charge is -2.26. The van der Waals surface area contributed by atoms with Crippen molar-refractivity contribution < 1.29 is 34.4 Å². The van der Waals surface area contributed by atoms with Crippen LogP contribution in [0.1, 0.15) is 6.42 Å². The van der Waals surface area contributed by atoms with Gasteiger partial charge in [0.1, 0.15) is 12.1 Å². The van der Waals surface area contributed by atoms with Crippen molar-refractivity contribution in [3.63, 3.8) is 0 Å². The third kappa shape index (κ3) is 3.66. The van der Waals surface area contributed by atoms with E-state index in [9.17, 15) is 34.7 Å². The zero-order valence-corrected chi connectivity index (χ0v) is 13.5. The number of aliphatic carboxylic acids is 1. The molecule has 144 valence electrons. The summed E-state index contributed by atoms with van der Waals surface area (Å²) >= 11 is 0. The molecule has 0 amide bonds. The van der Waals surface area contributed by atoms with Gasteiger partial charge in [-0.3, -0.25) is 19.4 Å². The van der Waals surface area contributed by atoms with E-state index in [1.54, 1.807) is 0 Å². The fourth-order valence-corrected chi connectivity index (χ4v) is 2.25. The maximum Gasteiger partial charge on any atom is 0.332 e. The summed E-state index contributed by atoms with van der Waals surface area (Å²) < 4.78 is 10.4. The van der Waals surface area contributed by atoms with Gasteiger partial charge in [0.25, 0.3) is 5.56 Å². The smallest absolute Gasteiger partial charge is 0.332 e. The second-order valence-electron chi connectivity index (χ2n) is 5.41. The number of rotatable bonds is 6. The second kappa shape index (κ2) is 7.32. The number of hydrogen-bond acceptors (Lipinski definition) is 10. The molecular formula is C14H14N4O9. The van der Waals surface area contributed by atoms with E-state index in [4.69, 9.17) is 20.3 Å². The third-order valence-electron chi connectivity index (χ3n) is 3.58. The first-order valence-corrected chi connectivity index (χ1v) is 7.29. The molecule has 1 unspecified atom stereocenters. The van der Waals surface area contributed by atoms with E-state index in [2.05, 4.69) is 0 Å². The van der Waals surface area contributed by atoms with Crippen LogP contribution in [0.25, 0.3) is 0 Å². The Bertz CT molecular complexity index is 956. The number of carboxylic acids is 1. The first-order chi connectivity index (χ1) is 12.6. The number of H-pyrrole nitrogens is 1. The van der Waals surface area contributed by atoms with Crippen LogP contribution in [0.5, 0.6) is 0 Å². The average Bonchev–Trinajstić information content (AvgIpc) is 2.84. The molecular weight excluding hydrogens is 368 g/mol. The molecule has 0 aliphatic carbocycles. The van der Waals surface area contributed by atoms with Crippen molar-refractivity contribution in [3.05, 3.63) is 44.6 Å². The molecule has 0 saturated carbocycles. The van der Waals surface area contributed by atoms with Gasteiger partial charge in [-0.25, -0.2) is 9.36 Å². The molecule has 1 aliphatic rings. The largest absolute Gasteiger partial charge is 0.506 e. The summed E-state index contributed by atoms with van der Waals surface area (Å²) in [7, 11) is 0. The van der Waals surface area contributed by atoms with Crippen molar-refractivity contribution in [1.29, 1.82) is 5.26 Å². The summed E-state index contributed by atoms with van der Waals surface area (Å²) in [4.78, 5) is 47.1. The van der Waals surface area contributed by atoms with E-state index in [0.717, 1.165) is 12.3 Å². The van der Waals surface area contributed by atoms with E-state index in [1.165, 1.54) is 6.07 Å². The fourth-order valence-electron chi connectivity index (χ4n) is 2.25. The molecule has 13 heteroatoms. The Labute approximate surface area is 149 Å². The lowest BCUT2D eigenvalue weighted by molar-refractivity contribution is -0.150. The van der Waals surface area contributed by atoms with Gasteiger partial charge < -0.3 is 30.5 Å². The topological polar surface area (TPSA) is 218 Å². The highest BCUT2D eigenvalue weighted by atomic mass is 16.6. The highest BCUT2D eigenvalue weighted by Gasteiger charge is 2.53. The van der Waals surface area contributed by atoms with E-state index in [1.807, 2.05) is 4.98 Å². The molecule has 0 saturated heterocycles. The summed E-state index contributed by atoms with van der Waals surface area (Å²) in [6.45, 7) is -0.795. The van der Waals surface area contributed by atoms with E-state index >= 15 is 0 Å². The molecule has 2 rings (SSSR count). The summed E-state index contributed by atoms with van der Waals surface area (Å²) in [6.07, 6.45) is -1.88. The Morgan fingerprint density at radius 3 is 2.74 bits per heavy atom. The van der Waals surface area contributed by atoms with Crippen LogP contribution in [0.2, 0.25) is 0 Å². The number of esters is 1. The molecule has 2 heterocycles. The zero-order chi connectivity index (χ0) is 20.4. The van der Waals surface area contributed by atoms with Crippen LogP contribution in [0.4, 0.5) is 0 Å². The second-order valence-corrected chi connectivity index (χ2v) is 5.41. The van der Waals surface area contributed by atoms with Crippen molar-refractivity contribution in [2.45, 2.75) is 24.3 Å². The van der Waals surface area contributed by atoms with Gasteiger partial charge in [0, 0.05) is 12.3 Å². The first kappa shape index (κ1) is 19.7. The Morgan fingerprint density at radius 2 is 2.19 bits per heavy atom. The molecule has 0 spiro atoms. The van der Waals surface area contributed by atoms with Crippen LogP contribution in [-0.2, 0) is 24.8 Å². The number of nitrogens with one attached hydrogen (secondary N) is 1.